The summed E-state index contributed by atoms with van der Waals surface area (Å²) in [5.74, 6) is 1.06. The first-order chi connectivity index (χ1) is 8.78. The number of rotatable bonds is 8. The van der Waals surface area contributed by atoms with E-state index in [0.717, 1.165) is 18.5 Å². The van der Waals surface area contributed by atoms with Crippen LogP contribution in [0.15, 0.2) is 24.3 Å². The lowest BCUT2D eigenvalue weighted by atomic mass is 9.99. The van der Waals surface area contributed by atoms with Crippen molar-refractivity contribution in [3.63, 3.8) is 0 Å². The lowest BCUT2D eigenvalue weighted by Crippen LogP contribution is -2.29. The molecule has 1 atom stereocenters. The molecular formula is C17H27N. The van der Waals surface area contributed by atoms with Gasteiger partial charge in [-0.3, -0.25) is 0 Å². The molecule has 0 aliphatic heterocycles. The molecule has 0 saturated heterocycles. The van der Waals surface area contributed by atoms with E-state index in [1.165, 1.54) is 49.7 Å². The maximum absolute atomic E-state index is 3.65. The van der Waals surface area contributed by atoms with Crippen molar-refractivity contribution >= 4 is 0 Å². The van der Waals surface area contributed by atoms with Gasteiger partial charge in [-0.2, -0.15) is 0 Å². The van der Waals surface area contributed by atoms with Crippen LogP contribution in [-0.2, 0) is 6.42 Å². The van der Waals surface area contributed by atoms with E-state index in [-0.39, 0.29) is 0 Å². The van der Waals surface area contributed by atoms with Gasteiger partial charge in [0, 0.05) is 6.04 Å². The molecule has 2 rings (SSSR count). The van der Waals surface area contributed by atoms with Gasteiger partial charge in [0.25, 0.3) is 0 Å². The van der Waals surface area contributed by atoms with Crippen molar-refractivity contribution in [3.05, 3.63) is 35.4 Å². The van der Waals surface area contributed by atoms with E-state index in [4.69, 9.17) is 0 Å². The molecular weight excluding hydrogens is 218 g/mol. The van der Waals surface area contributed by atoms with Crippen molar-refractivity contribution in [2.45, 2.75) is 58.4 Å². The van der Waals surface area contributed by atoms with Crippen LogP contribution >= 0.6 is 0 Å². The Kier molecular flexibility index (Phi) is 5.25. The number of benzene rings is 1. The summed E-state index contributed by atoms with van der Waals surface area (Å²) >= 11 is 0. The van der Waals surface area contributed by atoms with Gasteiger partial charge in [0.1, 0.15) is 0 Å². The quantitative estimate of drug-likeness (QED) is 0.727. The van der Waals surface area contributed by atoms with Crippen LogP contribution < -0.4 is 5.32 Å². The molecule has 1 saturated carbocycles. The normalized spacial score (nSPS) is 16.8. The van der Waals surface area contributed by atoms with Gasteiger partial charge >= 0.3 is 0 Å². The van der Waals surface area contributed by atoms with E-state index in [9.17, 15) is 0 Å². The third-order valence-corrected chi connectivity index (χ3v) is 3.98. The monoisotopic (exact) mass is 245 g/mol. The molecule has 1 aliphatic carbocycles. The summed E-state index contributed by atoms with van der Waals surface area (Å²) in [5, 5.41) is 3.65. The average molecular weight is 245 g/mol. The molecule has 1 heteroatoms. The minimum absolute atomic E-state index is 0.719. The largest absolute Gasteiger partial charge is 0.314 e. The van der Waals surface area contributed by atoms with Crippen LogP contribution in [0.1, 0.15) is 50.2 Å². The van der Waals surface area contributed by atoms with E-state index in [1.54, 1.807) is 0 Å². The Balaban J connectivity index is 1.76. The van der Waals surface area contributed by atoms with Gasteiger partial charge < -0.3 is 5.32 Å². The number of hydrogen-bond donors (Lipinski definition) is 1. The molecule has 1 nitrogen and oxygen atoms in total. The first-order valence-corrected chi connectivity index (χ1v) is 7.57. The number of hydrogen-bond acceptors (Lipinski definition) is 1. The van der Waals surface area contributed by atoms with Gasteiger partial charge in [-0.25, -0.2) is 0 Å². The Morgan fingerprint density at radius 1 is 1.28 bits per heavy atom. The van der Waals surface area contributed by atoms with Crippen LogP contribution in [-0.4, -0.2) is 12.6 Å². The SMILES string of the molecule is CCNC(CCc1cccc(C)c1)CCC1CC1. The molecule has 0 bridgehead atoms. The molecule has 1 unspecified atom stereocenters. The maximum Gasteiger partial charge on any atom is 0.00702 e. The minimum atomic E-state index is 0.719. The van der Waals surface area contributed by atoms with Crippen LogP contribution in [0.25, 0.3) is 0 Å². The summed E-state index contributed by atoms with van der Waals surface area (Å²) in [7, 11) is 0. The van der Waals surface area contributed by atoms with E-state index < -0.39 is 0 Å². The summed E-state index contributed by atoms with van der Waals surface area (Å²) in [6.45, 7) is 5.50. The maximum atomic E-state index is 3.65. The van der Waals surface area contributed by atoms with Crippen LogP contribution in [0.5, 0.6) is 0 Å². The van der Waals surface area contributed by atoms with Gasteiger partial charge in [0.05, 0.1) is 0 Å². The molecule has 1 fully saturated rings. The Bertz CT molecular complexity index is 354. The third-order valence-electron chi connectivity index (χ3n) is 3.98. The van der Waals surface area contributed by atoms with E-state index in [0.29, 0.717) is 0 Å². The topological polar surface area (TPSA) is 12.0 Å². The second-order valence-corrected chi connectivity index (χ2v) is 5.80. The highest BCUT2D eigenvalue weighted by molar-refractivity contribution is 5.22. The van der Waals surface area contributed by atoms with Crippen LogP contribution in [0, 0.1) is 12.8 Å². The summed E-state index contributed by atoms with van der Waals surface area (Å²) in [4.78, 5) is 0. The smallest absolute Gasteiger partial charge is 0.00702 e. The standard InChI is InChI=1S/C17H27N/c1-3-18-17(11-9-15-7-8-15)12-10-16-6-4-5-14(2)13-16/h4-6,13,15,17-18H,3,7-12H2,1-2H3. The Morgan fingerprint density at radius 2 is 2.11 bits per heavy atom. The van der Waals surface area contributed by atoms with E-state index in [1.807, 2.05) is 0 Å². The van der Waals surface area contributed by atoms with E-state index >= 15 is 0 Å². The van der Waals surface area contributed by atoms with Gasteiger partial charge in [0.2, 0.25) is 0 Å². The Labute approximate surface area is 112 Å². The van der Waals surface area contributed by atoms with Gasteiger partial charge in [-0.1, -0.05) is 49.6 Å². The molecule has 1 aliphatic rings. The summed E-state index contributed by atoms with van der Waals surface area (Å²) in [5.41, 5.74) is 2.87. The average Bonchev–Trinajstić information content (AvgIpc) is 3.17. The highest BCUT2D eigenvalue weighted by Crippen LogP contribution is 2.34. The molecule has 0 radical (unpaired) electrons. The lowest BCUT2D eigenvalue weighted by Gasteiger charge is -2.17. The van der Waals surface area contributed by atoms with Gasteiger partial charge in [0.15, 0.2) is 0 Å². The third kappa shape index (κ3) is 4.81. The van der Waals surface area contributed by atoms with Gasteiger partial charge in [-0.15, -0.1) is 0 Å². The van der Waals surface area contributed by atoms with Crippen molar-refractivity contribution in [1.82, 2.24) is 5.32 Å². The zero-order valence-electron chi connectivity index (χ0n) is 11.9. The van der Waals surface area contributed by atoms with Crippen LogP contribution in [0.3, 0.4) is 0 Å². The molecule has 0 amide bonds. The predicted octanol–water partition coefficient (Wildman–Crippen LogP) is 4.10. The zero-order valence-corrected chi connectivity index (χ0v) is 11.9. The highest BCUT2D eigenvalue weighted by atomic mass is 14.9. The summed E-state index contributed by atoms with van der Waals surface area (Å²) in [6.07, 6.45) is 8.26. The second-order valence-electron chi connectivity index (χ2n) is 5.80. The molecule has 0 heterocycles. The fourth-order valence-corrected chi connectivity index (χ4v) is 2.69. The van der Waals surface area contributed by atoms with Gasteiger partial charge in [-0.05, 0) is 50.6 Å². The van der Waals surface area contributed by atoms with Crippen molar-refractivity contribution in [3.8, 4) is 0 Å². The fraction of sp³-hybridized carbons (Fsp3) is 0.647. The summed E-state index contributed by atoms with van der Waals surface area (Å²) in [6, 6.07) is 9.66. The molecule has 1 aromatic carbocycles. The minimum Gasteiger partial charge on any atom is -0.314 e. The Hall–Kier alpha value is -0.820. The Morgan fingerprint density at radius 3 is 2.78 bits per heavy atom. The number of aryl methyl sites for hydroxylation is 2. The van der Waals surface area contributed by atoms with Crippen LogP contribution in [0.2, 0.25) is 0 Å². The summed E-state index contributed by atoms with van der Waals surface area (Å²) < 4.78 is 0. The van der Waals surface area contributed by atoms with Crippen LogP contribution in [0.4, 0.5) is 0 Å². The molecule has 0 spiro atoms. The first-order valence-electron chi connectivity index (χ1n) is 7.57. The van der Waals surface area contributed by atoms with Crippen molar-refractivity contribution in [1.29, 1.82) is 0 Å². The fourth-order valence-electron chi connectivity index (χ4n) is 2.69. The lowest BCUT2D eigenvalue weighted by molar-refractivity contribution is 0.440. The van der Waals surface area contributed by atoms with Crippen molar-refractivity contribution < 1.29 is 0 Å². The predicted molar refractivity (Wildman–Crippen MR) is 78.9 cm³/mol. The number of nitrogens with one attached hydrogen (secondary N) is 1. The second kappa shape index (κ2) is 6.94. The molecule has 1 N–H and O–H groups in total. The van der Waals surface area contributed by atoms with Crippen molar-refractivity contribution in [2.24, 2.45) is 5.92 Å². The molecule has 1 aromatic rings. The first kappa shape index (κ1) is 13.6. The molecule has 100 valence electrons. The van der Waals surface area contributed by atoms with E-state index in [2.05, 4.69) is 43.4 Å². The molecule has 18 heavy (non-hydrogen) atoms. The molecule has 0 aromatic heterocycles. The highest BCUT2D eigenvalue weighted by Gasteiger charge is 2.22. The van der Waals surface area contributed by atoms with Crippen molar-refractivity contribution in [2.75, 3.05) is 6.54 Å². The zero-order chi connectivity index (χ0) is 12.8.